The Hall–Kier alpha value is -1.25. The Bertz CT molecular complexity index is 598. The number of hydrogen-bond donors (Lipinski definition) is 3. The molecular formula is C18H29Cl2N3O4. The summed E-state index contributed by atoms with van der Waals surface area (Å²) in [7, 11) is 3.29. The zero-order valence-corrected chi connectivity index (χ0v) is 17.3. The average molecular weight is 422 g/mol. The van der Waals surface area contributed by atoms with E-state index in [1.807, 2.05) is 18.2 Å². The summed E-state index contributed by atoms with van der Waals surface area (Å²) >= 11 is 0. The van der Waals surface area contributed by atoms with Crippen LogP contribution in [0.5, 0.6) is 11.5 Å². The molecule has 3 N–H and O–H groups in total. The fraction of sp³-hybridized carbons (Fsp3) is 0.611. The number of amides is 1. The average Bonchev–Trinajstić information content (AvgIpc) is 3.23. The van der Waals surface area contributed by atoms with Crippen molar-refractivity contribution in [1.29, 1.82) is 0 Å². The van der Waals surface area contributed by atoms with Crippen LogP contribution >= 0.6 is 24.8 Å². The van der Waals surface area contributed by atoms with Crippen molar-refractivity contribution in [3.05, 3.63) is 23.8 Å². The Morgan fingerprint density at radius 2 is 1.93 bits per heavy atom. The van der Waals surface area contributed by atoms with E-state index < -0.39 is 6.10 Å². The van der Waals surface area contributed by atoms with Gasteiger partial charge in [0.15, 0.2) is 0 Å². The SMILES string of the molecule is COc1cc(CN2CCC(NC(=O)C3CC(O)CN3)C2)cc(OC)c1.Cl.Cl. The van der Waals surface area contributed by atoms with Crippen molar-refractivity contribution in [1.82, 2.24) is 15.5 Å². The molecule has 3 unspecified atom stereocenters. The number of β-amino-alcohol motifs (C(OH)–C–C–N with tert-alkyl or cyclic N) is 1. The van der Waals surface area contributed by atoms with Gasteiger partial charge >= 0.3 is 0 Å². The third kappa shape index (κ3) is 6.40. The van der Waals surface area contributed by atoms with E-state index in [9.17, 15) is 9.90 Å². The number of nitrogens with one attached hydrogen (secondary N) is 2. The van der Waals surface area contributed by atoms with Crippen LogP contribution < -0.4 is 20.1 Å². The third-order valence-corrected chi connectivity index (χ3v) is 4.86. The molecular weight excluding hydrogens is 393 g/mol. The lowest BCUT2D eigenvalue weighted by molar-refractivity contribution is -0.123. The maximum Gasteiger partial charge on any atom is 0.237 e. The van der Waals surface area contributed by atoms with Gasteiger partial charge < -0.3 is 25.2 Å². The van der Waals surface area contributed by atoms with Crippen LogP contribution in [0.15, 0.2) is 18.2 Å². The second kappa shape index (κ2) is 10.9. The van der Waals surface area contributed by atoms with Gasteiger partial charge in [0, 0.05) is 38.3 Å². The van der Waals surface area contributed by atoms with Crippen molar-refractivity contribution in [3.8, 4) is 11.5 Å². The lowest BCUT2D eigenvalue weighted by atomic mass is 10.1. The number of carbonyl (C=O) groups excluding carboxylic acids is 1. The van der Waals surface area contributed by atoms with Crippen LogP contribution in [0.3, 0.4) is 0 Å². The molecule has 154 valence electrons. The monoisotopic (exact) mass is 421 g/mol. The number of carbonyl (C=O) groups is 1. The first-order valence-electron chi connectivity index (χ1n) is 8.73. The number of benzene rings is 1. The fourth-order valence-electron chi connectivity index (χ4n) is 3.53. The zero-order valence-electron chi connectivity index (χ0n) is 15.6. The maximum atomic E-state index is 12.2. The van der Waals surface area contributed by atoms with Gasteiger partial charge in [-0.1, -0.05) is 0 Å². The summed E-state index contributed by atoms with van der Waals surface area (Å²) in [4.78, 5) is 14.6. The molecule has 2 fully saturated rings. The van der Waals surface area contributed by atoms with E-state index >= 15 is 0 Å². The van der Waals surface area contributed by atoms with Crippen molar-refractivity contribution in [2.45, 2.75) is 37.6 Å². The van der Waals surface area contributed by atoms with Crippen LogP contribution in [0.2, 0.25) is 0 Å². The molecule has 2 aliphatic heterocycles. The van der Waals surface area contributed by atoms with Crippen LogP contribution in [0.1, 0.15) is 18.4 Å². The van der Waals surface area contributed by atoms with Gasteiger partial charge in [0.25, 0.3) is 0 Å². The van der Waals surface area contributed by atoms with Gasteiger partial charge in [-0.2, -0.15) is 0 Å². The number of nitrogens with zero attached hydrogens (tertiary/aromatic N) is 1. The number of likely N-dealkylation sites (tertiary alicyclic amines) is 1. The Kier molecular flexibility index (Phi) is 9.62. The molecule has 2 saturated heterocycles. The molecule has 0 spiro atoms. The Morgan fingerprint density at radius 3 is 2.48 bits per heavy atom. The number of rotatable bonds is 6. The van der Waals surface area contributed by atoms with Gasteiger partial charge in [0.1, 0.15) is 11.5 Å². The molecule has 7 nitrogen and oxygen atoms in total. The normalized spacial score (nSPS) is 24.6. The van der Waals surface area contributed by atoms with Crippen molar-refractivity contribution in [3.63, 3.8) is 0 Å². The molecule has 0 saturated carbocycles. The largest absolute Gasteiger partial charge is 0.497 e. The van der Waals surface area contributed by atoms with Gasteiger partial charge in [0.05, 0.1) is 26.4 Å². The molecule has 9 heteroatoms. The lowest BCUT2D eigenvalue weighted by Gasteiger charge is -2.19. The van der Waals surface area contributed by atoms with E-state index in [0.717, 1.165) is 43.1 Å². The van der Waals surface area contributed by atoms with Crippen LogP contribution in [0, 0.1) is 0 Å². The van der Waals surface area contributed by atoms with Crippen molar-refractivity contribution < 1.29 is 19.4 Å². The Balaban J connectivity index is 0.00000182. The summed E-state index contributed by atoms with van der Waals surface area (Å²) in [5.41, 5.74) is 1.13. The molecule has 1 aromatic carbocycles. The maximum absolute atomic E-state index is 12.2. The predicted molar refractivity (Wildman–Crippen MR) is 108 cm³/mol. The molecule has 2 heterocycles. The molecule has 0 radical (unpaired) electrons. The standard InChI is InChI=1S/C18H27N3O4.2ClH/c1-24-15-5-12(6-16(8-15)25-2)10-21-4-3-13(11-21)20-18(23)17-7-14(22)9-19-17;;/h5-6,8,13-14,17,19,22H,3-4,7,9-11H2,1-2H3,(H,20,23);2*1H. The molecule has 27 heavy (non-hydrogen) atoms. The quantitative estimate of drug-likeness (QED) is 0.634. The van der Waals surface area contributed by atoms with Gasteiger partial charge in [-0.25, -0.2) is 0 Å². The molecule has 0 aliphatic carbocycles. The smallest absolute Gasteiger partial charge is 0.237 e. The lowest BCUT2D eigenvalue weighted by Crippen LogP contribution is -2.46. The summed E-state index contributed by atoms with van der Waals surface area (Å²) in [6.07, 6.45) is 1.01. The molecule has 3 rings (SSSR count). The van der Waals surface area contributed by atoms with Crippen molar-refractivity contribution in [2.24, 2.45) is 0 Å². The molecule has 1 amide bonds. The van der Waals surface area contributed by atoms with E-state index in [0.29, 0.717) is 13.0 Å². The van der Waals surface area contributed by atoms with Crippen LogP contribution in [0.25, 0.3) is 0 Å². The summed E-state index contributed by atoms with van der Waals surface area (Å²) in [6.45, 7) is 3.04. The molecule has 0 aromatic heterocycles. The highest BCUT2D eigenvalue weighted by Crippen LogP contribution is 2.24. The van der Waals surface area contributed by atoms with Crippen LogP contribution in [-0.4, -0.2) is 68.0 Å². The van der Waals surface area contributed by atoms with E-state index in [-0.39, 0.29) is 42.8 Å². The van der Waals surface area contributed by atoms with Gasteiger partial charge in [-0.3, -0.25) is 9.69 Å². The third-order valence-electron chi connectivity index (χ3n) is 4.86. The number of hydrogen-bond acceptors (Lipinski definition) is 6. The highest BCUT2D eigenvalue weighted by molar-refractivity contribution is 5.85. The Labute approximate surface area is 172 Å². The number of halogens is 2. The minimum Gasteiger partial charge on any atom is -0.497 e. The van der Waals surface area contributed by atoms with E-state index in [1.54, 1.807) is 14.2 Å². The summed E-state index contributed by atoms with van der Waals surface area (Å²) < 4.78 is 10.6. The first-order chi connectivity index (χ1) is 12.1. The number of ether oxygens (including phenoxy) is 2. The second-order valence-electron chi connectivity index (χ2n) is 6.80. The number of aliphatic hydroxyl groups excluding tert-OH is 1. The fourth-order valence-corrected chi connectivity index (χ4v) is 3.53. The molecule has 0 bridgehead atoms. The van der Waals surface area contributed by atoms with Gasteiger partial charge in [0.2, 0.25) is 5.91 Å². The highest BCUT2D eigenvalue weighted by Gasteiger charge is 2.31. The summed E-state index contributed by atoms with van der Waals surface area (Å²) in [5, 5.41) is 15.7. The number of aliphatic hydroxyl groups is 1. The first kappa shape index (κ1) is 23.8. The predicted octanol–water partition coefficient (Wildman–Crippen LogP) is 0.961. The topological polar surface area (TPSA) is 83.1 Å². The van der Waals surface area contributed by atoms with Crippen LogP contribution in [0.4, 0.5) is 0 Å². The molecule has 1 aromatic rings. The molecule has 3 atom stereocenters. The van der Waals surface area contributed by atoms with Gasteiger partial charge in [-0.15, -0.1) is 24.8 Å². The summed E-state index contributed by atoms with van der Waals surface area (Å²) in [5.74, 6) is 1.56. The number of methoxy groups -OCH3 is 2. The molecule has 2 aliphatic rings. The van der Waals surface area contributed by atoms with Crippen molar-refractivity contribution in [2.75, 3.05) is 33.9 Å². The Morgan fingerprint density at radius 1 is 1.26 bits per heavy atom. The minimum absolute atomic E-state index is 0. The van der Waals surface area contributed by atoms with Crippen molar-refractivity contribution >= 4 is 30.7 Å². The summed E-state index contributed by atoms with van der Waals surface area (Å²) in [6, 6.07) is 5.77. The second-order valence-corrected chi connectivity index (χ2v) is 6.80. The highest BCUT2D eigenvalue weighted by atomic mass is 35.5. The minimum atomic E-state index is -0.418. The van der Waals surface area contributed by atoms with E-state index in [4.69, 9.17) is 9.47 Å². The first-order valence-corrected chi connectivity index (χ1v) is 8.73. The zero-order chi connectivity index (χ0) is 17.8. The van der Waals surface area contributed by atoms with E-state index in [1.165, 1.54) is 0 Å². The van der Waals surface area contributed by atoms with Gasteiger partial charge in [-0.05, 0) is 30.5 Å². The van der Waals surface area contributed by atoms with Crippen LogP contribution in [-0.2, 0) is 11.3 Å². The van der Waals surface area contributed by atoms with E-state index in [2.05, 4.69) is 15.5 Å².